The third-order valence-electron chi connectivity index (χ3n) is 3.91. The van der Waals surface area contributed by atoms with Gasteiger partial charge in [-0.1, -0.05) is 18.9 Å². The van der Waals surface area contributed by atoms with Gasteiger partial charge in [-0.25, -0.2) is 8.78 Å². The molecule has 1 aliphatic carbocycles. The summed E-state index contributed by atoms with van der Waals surface area (Å²) in [5.74, 6) is -1.71. The summed E-state index contributed by atoms with van der Waals surface area (Å²) in [7, 11) is 1.32. The number of hydrogen-bond donors (Lipinski definition) is 1. The molecule has 5 heteroatoms. The van der Waals surface area contributed by atoms with E-state index < -0.39 is 17.0 Å². The molecule has 0 aliphatic heterocycles. The van der Waals surface area contributed by atoms with Crippen LogP contribution in [0, 0.1) is 23.0 Å². The molecule has 1 fully saturated rings. The van der Waals surface area contributed by atoms with Crippen molar-refractivity contribution in [1.29, 1.82) is 0 Å². The molecular formula is C15H19F2NO2. The molecule has 0 saturated heterocycles. The minimum absolute atomic E-state index is 0.134. The summed E-state index contributed by atoms with van der Waals surface area (Å²) in [4.78, 5) is 12.1. The standard InChI is InChI=1S/C15H19F2NO2/c1-20-14(19)15(9-18,7-10-2-3-10)8-11-4-5-12(16)13(17)6-11/h4-6,10H,2-3,7-9,18H2,1H3. The first-order valence-corrected chi connectivity index (χ1v) is 6.73. The largest absolute Gasteiger partial charge is 0.469 e. The van der Waals surface area contributed by atoms with Crippen molar-refractivity contribution in [2.24, 2.45) is 17.1 Å². The molecule has 0 heterocycles. The van der Waals surface area contributed by atoms with E-state index in [4.69, 9.17) is 10.5 Å². The smallest absolute Gasteiger partial charge is 0.313 e. The van der Waals surface area contributed by atoms with Crippen LogP contribution >= 0.6 is 0 Å². The van der Waals surface area contributed by atoms with Gasteiger partial charge in [0, 0.05) is 6.54 Å². The zero-order valence-electron chi connectivity index (χ0n) is 11.5. The summed E-state index contributed by atoms with van der Waals surface area (Å²) in [6.45, 7) is 0.134. The van der Waals surface area contributed by atoms with Gasteiger partial charge >= 0.3 is 5.97 Å². The molecular weight excluding hydrogens is 264 g/mol. The third kappa shape index (κ3) is 3.15. The number of ether oxygens (including phenoxy) is 1. The van der Waals surface area contributed by atoms with Crippen molar-refractivity contribution in [2.45, 2.75) is 25.7 Å². The fraction of sp³-hybridized carbons (Fsp3) is 0.533. The van der Waals surface area contributed by atoms with Crippen molar-refractivity contribution in [1.82, 2.24) is 0 Å². The number of carbonyl (C=O) groups is 1. The Labute approximate surface area is 117 Å². The number of carbonyl (C=O) groups excluding carboxylic acids is 1. The zero-order chi connectivity index (χ0) is 14.8. The van der Waals surface area contributed by atoms with Gasteiger partial charge in [0.15, 0.2) is 11.6 Å². The van der Waals surface area contributed by atoms with E-state index >= 15 is 0 Å². The van der Waals surface area contributed by atoms with Gasteiger partial charge in [-0.15, -0.1) is 0 Å². The lowest BCUT2D eigenvalue weighted by Crippen LogP contribution is -2.42. The molecule has 0 spiro atoms. The number of benzene rings is 1. The minimum Gasteiger partial charge on any atom is -0.469 e. The summed E-state index contributed by atoms with van der Waals surface area (Å²) < 4.78 is 31.1. The van der Waals surface area contributed by atoms with E-state index in [1.54, 1.807) is 0 Å². The predicted octanol–water partition coefficient (Wildman–Crippen LogP) is 2.43. The minimum atomic E-state index is -0.912. The molecule has 0 aromatic heterocycles. The molecule has 3 nitrogen and oxygen atoms in total. The van der Waals surface area contributed by atoms with Gasteiger partial charge in [-0.05, 0) is 36.5 Å². The number of methoxy groups -OCH3 is 1. The number of hydrogen-bond acceptors (Lipinski definition) is 3. The Morgan fingerprint density at radius 3 is 2.60 bits per heavy atom. The first-order valence-electron chi connectivity index (χ1n) is 6.73. The molecule has 0 radical (unpaired) electrons. The quantitative estimate of drug-likeness (QED) is 0.816. The number of rotatable bonds is 6. The van der Waals surface area contributed by atoms with E-state index in [0.29, 0.717) is 17.9 Å². The van der Waals surface area contributed by atoms with Crippen LogP contribution in [0.5, 0.6) is 0 Å². The Hall–Kier alpha value is -1.49. The van der Waals surface area contributed by atoms with E-state index in [1.165, 1.54) is 13.2 Å². The molecule has 0 bridgehead atoms. The monoisotopic (exact) mass is 283 g/mol. The molecule has 2 N–H and O–H groups in total. The molecule has 20 heavy (non-hydrogen) atoms. The van der Waals surface area contributed by atoms with Gasteiger partial charge in [0.2, 0.25) is 0 Å². The summed E-state index contributed by atoms with van der Waals surface area (Å²) in [6, 6.07) is 3.68. The highest BCUT2D eigenvalue weighted by Crippen LogP contribution is 2.42. The van der Waals surface area contributed by atoms with E-state index in [2.05, 4.69) is 0 Å². The third-order valence-corrected chi connectivity index (χ3v) is 3.91. The first-order chi connectivity index (χ1) is 9.50. The topological polar surface area (TPSA) is 52.3 Å². The van der Waals surface area contributed by atoms with Crippen molar-refractivity contribution < 1.29 is 18.3 Å². The van der Waals surface area contributed by atoms with Crippen LogP contribution in [0.1, 0.15) is 24.8 Å². The van der Waals surface area contributed by atoms with Crippen LogP contribution < -0.4 is 5.73 Å². The Morgan fingerprint density at radius 1 is 1.40 bits per heavy atom. The van der Waals surface area contributed by atoms with Crippen molar-refractivity contribution in [3.63, 3.8) is 0 Å². The SMILES string of the molecule is COC(=O)C(CN)(Cc1ccc(F)c(F)c1)CC1CC1. The summed E-state index contributed by atoms with van der Waals surface area (Å²) >= 11 is 0. The van der Waals surface area contributed by atoms with Gasteiger partial charge in [0.05, 0.1) is 12.5 Å². The van der Waals surface area contributed by atoms with E-state index in [0.717, 1.165) is 25.0 Å². The van der Waals surface area contributed by atoms with Gasteiger partial charge in [-0.2, -0.15) is 0 Å². The molecule has 1 saturated carbocycles. The van der Waals surface area contributed by atoms with Crippen LogP contribution in [0.2, 0.25) is 0 Å². The average Bonchev–Trinajstić information content (AvgIpc) is 3.25. The van der Waals surface area contributed by atoms with Crippen LogP contribution in [-0.4, -0.2) is 19.6 Å². The van der Waals surface area contributed by atoms with Gasteiger partial charge in [-0.3, -0.25) is 4.79 Å². The normalized spacial score (nSPS) is 17.6. The van der Waals surface area contributed by atoms with Crippen LogP contribution in [0.15, 0.2) is 18.2 Å². The number of halogens is 2. The van der Waals surface area contributed by atoms with Crippen molar-refractivity contribution >= 4 is 5.97 Å². The molecule has 1 atom stereocenters. The number of esters is 1. The highest BCUT2D eigenvalue weighted by atomic mass is 19.2. The fourth-order valence-corrected chi connectivity index (χ4v) is 2.60. The first kappa shape index (κ1) is 14.9. The highest BCUT2D eigenvalue weighted by Gasteiger charge is 2.43. The lowest BCUT2D eigenvalue weighted by Gasteiger charge is -2.30. The lowest BCUT2D eigenvalue weighted by atomic mass is 9.77. The second-order valence-corrected chi connectivity index (χ2v) is 5.55. The Morgan fingerprint density at radius 2 is 2.10 bits per heavy atom. The highest BCUT2D eigenvalue weighted by molar-refractivity contribution is 5.77. The summed E-state index contributed by atoms with van der Waals surface area (Å²) in [5, 5.41) is 0. The number of nitrogens with two attached hydrogens (primary N) is 1. The Balaban J connectivity index is 2.25. The summed E-state index contributed by atoms with van der Waals surface area (Å²) in [6.07, 6.45) is 3.06. The van der Waals surface area contributed by atoms with Gasteiger partial charge < -0.3 is 10.5 Å². The van der Waals surface area contributed by atoms with Crippen molar-refractivity contribution in [3.8, 4) is 0 Å². The van der Waals surface area contributed by atoms with E-state index in [9.17, 15) is 13.6 Å². The lowest BCUT2D eigenvalue weighted by molar-refractivity contribution is -0.153. The molecule has 0 amide bonds. The van der Waals surface area contributed by atoms with Crippen LogP contribution in [0.3, 0.4) is 0 Å². The van der Waals surface area contributed by atoms with Crippen molar-refractivity contribution in [2.75, 3.05) is 13.7 Å². The summed E-state index contributed by atoms with van der Waals surface area (Å²) in [5.41, 5.74) is 5.52. The molecule has 1 unspecified atom stereocenters. The van der Waals surface area contributed by atoms with Gasteiger partial charge in [0.25, 0.3) is 0 Å². The van der Waals surface area contributed by atoms with Crippen LogP contribution in [0.4, 0.5) is 8.78 Å². The predicted molar refractivity (Wildman–Crippen MR) is 70.9 cm³/mol. The molecule has 1 aliphatic rings. The Bertz CT molecular complexity index is 503. The van der Waals surface area contributed by atoms with Crippen LogP contribution in [-0.2, 0) is 16.0 Å². The maximum Gasteiger partial charge on any atom is 0.313 e. The van der Waals surface area contributed by atoms with Crippen molar-refractivity contribution in [3.05, 3.63) is 35.4 Å². The molecule has 110 valence electrons. The van der Waals surface area contributed by atoms with Gasteiger partial charge in [0.1, 0.15) is 0 Å². The van der Waals surface area contributed by atoms with E-state index in [1.807, 2.05) is 0 Å². The molecule has 2 rings (SSSR count). The molecule has 1 aromatic rings. The van der Waals surface area contributed by atoms with E-state index in [-0.39, 0.29) is 18.9 Å². The zero-order valence-corrected chi connectivity index (χ0v) is 11.5. The maximum atomic E-state index is 13.3. The van der Waals surface area contributed by atoms with Crippen LogP contribution in [0.25, 0.3) is 0 Å². The average molecular weight is 283 g/mol. The fourth-order valence-electron chi connectivity index (χ4n) is 2.60. The molecule has 1 aromatic carbocycles. The maximum absolute atomic E-state index is 13.3. The second kappa shape index (κ2) is 5.87. The second-order valence-electron chi connectivity index (χ2n) is 5.55. The Kier molecular flexibility index (Phi) is 4.38.